The lowest BCUT2D eigenvalue weighted by atomic mass is 9.92. The highest BCUT2D eigenvalue weighted by molar-refractivity contribution is 5.97. The molecule has 0 spiro atoms. The number of hydrogen-bond donors (Lipinski definition) is 0. The maximum absolute atomic E-state index is 12.3. The summed E-state index contributed by atoms with van der Waals surface area (Å²) in [5.74, 6) is 0.242. The molecule has 0 aromatic heterocycles. The molecule has 0 amide bonds. The molecule has 98 valence electrons. The van der Waals surface area contributed by atoms with Gasteiger partial charge in [-0.2, -0.15) is 0 Å². The van der Waals surface area contributed by atoms with Crippen LogP contribution in [0.2, 0.25) is 0 Å². The molecule has 0 heterocycles. The summed E-state index contributed by atoms with van der Waals surface area (Å²) in [6.45, 7) is 6.11. The van der Waals surface area contributed by atoms with Crippen LogP contribution in [0, 0.1) is 19.8 Å². The Balaban J connectivity index is 2.07. The molecule has 2 aromatic rings. The summed E-state index contributed by atoms with van der Waals surface area (Å²) in [7, 11) is 0. The molecule has 1 heteroatoms. The van der Waals surface area contributed by atoms with Crippen molar-refractivity contribution in [3.63, 3.8) is 0 Å². The number of benzene rings is 2. The topological polar surface area (TPSA) is 17.1 Å². The molecule has 0 radical (unpaired) electrons. The van der Waals surface area contributed by atoms with Gasteiger partial charge in [-0.1, -0.05) is 66.6 Å². The van der Waals surface area contributed by atoms with Crippen LogP contribution in [0.25, 0.3) is 0 Å². The van der Waals surface area contributed by atoms with E-state index in [0.29, 0.717) is 0 Å². The number of carbonyl (C=O) groups excluding carboxylic acids is 1. The average molecular weight is 252 g/mol. The zero-order chi connectivity index (χ0) is 13.8. The van der Waals surface area contributed by atoms with Crippen molar-refractivity contribution < 1.29 is 4.79 Å². The van der Waals surface area contributed by atoms with Gasteiger partial charge in [0.25, 0.3) is 0 Å². The van der Waals surface area contributed by atoms with E-state index in [4.69, 9.17) is 0 Å². The molecule has 0 aliphatic heterocycles. The molecule has 2 aromatic carbocycles. The van der Waals surface area contributed by atoms with Crippen molar-refractivity contribution >= 4 is 5.78 Å². The lowest BCUT2D eigenvalue weighted by molar-refractivity contribution is 0.0929. The molecule has 1 unspecified atom stereocenters. The number of aryl methyl sites for hydroxylation is 2. The zero-order valence-corrected chi connectivity index (χ0v) is 11.8. The second-order valence-electron chi connectivity index (χ2n) is 5.32. The maximum Gasteiger partial charge on any atom is 0.165 e. The Hall–Kier alpha value is -1.89. The first-order valence-corrected chi connectivity index (χ1v) is 6.72. The summed E-state index contributed by atoms with van der Waals surface area (Å²) >= 11 is 0. The van der Waals surface area contributed by atoms with E-state index in [2.05, 4.69) is 31.2 Å². The quantitative estimate of drug-likeness (QED) is 0.739. The fourth-order valence-corrected chi connectivity index (χ4v) is 2.17. The van der Waals surface area contributed by atoms with Gasteiger partial charge in [0, 0.05) is 11.5 Å². The van der Waals surface area contributed by atoms with Crippen molar-refractivity contribution in [3.8, 4) is 0 Å². The van der Waals surface area contributed by atoms with E-state index >= 15 is 0 Å². The van der Waals surface area contributed by atoms with E-state index in [1.165, 1.54) is 16.7 Å². The maximum atomic E-state index is 12.3. The van der Waals surface area contributed by atoms with Crippen LogP contribution in [0.4, 0.5) is 0 Å². The highest BCUT2D eigenvalue weighted by Crippen LogP contribution is 2.15. The first kappa shape index (κ1) is 13.5. The van der Waals surface area contributed by atoms with E-state index in [9.17, 15) is 4.79 Å². The monoisotopic (exact) mass is 252 g/mol. The Morgan fingerprint density at radius 1 is 0.895 bits per heavy atom. The van der Waals surface area contributed by atoms with E-state index in [1.54, 1.807) is 0 Å². The minimum absolute atomic E-state index is 0.0189. The second kappa shape index (κ2) is 5.83. The number of ketones is 1. The van der Waals surface area contributed by atoms with Crippen LogP contribution in [-0.4, -0.2) is 5.78 Å². The van der Waals surface area contributed by atoms with Crippen LogP contribution in [0.3, 0.4) is 0 Å². The Kier molecular flexibility index (Phi) is 4.16. The van der Waals surface area contributed by atoms with Crippen molar-refractivity contribution in [1.82, 2.24) is 0 Å². The molecular formula is C18H20O. The van der Waals surface area contributed by atoms with Crippen molar-refractivity contribution in [1.29, 1.82) is 0 Å². The molecule has 1 nitrogen and oxygen atoms in total. The first-order chi connectivity index (χ1) is 9.06. The van der Waals surface area contributed by atoms with Gasteiger partial charge >= 0.3 is 0 Å². The molecular weight excluding hydrogens is 232 g/mol. The van der Waals surface area contributed by atoms with Gasteiger partial charge in [0.1, 0.15) is 0 Å². The summed E-state index contributed by atoms with van der Waals surface area (Å²) in [6, 6.07) is 16.2. The highest BCUT2D eigenvalue weighted by Gasteiger charge is 2.15. The predicted octanol–water partition coefficient (Wildman–Crippen LogP) is 4.36. The molecule has 0 N–H and O–H groups in total. The largest absolute Gasteiger partial charge is 0.294 e. The summed E-state index contributed by atoms with van der Waals surface area (Å²) in [5, 5.41) is 0. The van der Waals surface area contributed by atoms with E-state index in [1.807, 2.05) is 38.1 Å². The normalized spacial score (nSPS) is 12.2. The van der Waals surface area contributed by atoms with Gasteiger partial charge in [0.2, 0.25) is 0 Å². The molecule has 2 rings (SSSR count). The number of carbonyl (C=O) groups is 1. The van der Waals surface area contributed by atoms with Crippen LogP contribution < -0.4 is 0 Å². The number of rotatable bonds is 4. The minimum Gasteiger partial charge on any atom is -0.294 e. The van der Waals surface area contributed by atoms with Gasteiger partial charge in [0.05, 0.1) is 0 Å². The van der Waals surface area contributed by atoms with E-state index in [-0.39, 0.29) is 11.7 Å². The summed E-state index contributed by atoms with van der Waals surface area (Å²) in [5.41, 5.74) is 4.47. The highest BCUT2D eigenvalue weighted by atomic mass is 16.1. The number of Topliss-reactive ketones (excluding diaryl/α,β-unsaturated/α-hetero) is 1. The first-order valence-electron chi connectivity index (χ1n) is 6.72. The molecule has 19 heavy (non-hydrogen) atoms. The lowest BCUT2D eigenvalue weighted by Gasteiger charge is -2.11. The van der Waals surface area contributed by atoms with Gasteiger partial charge in [-0.05, 0) is 25.8 Å². The van der Waals surface area contributed by atoms with Crippen LogP contribution in [0.15, 0.2) is 48.5 Å². The predicted molar refractivity (Wildman–Crippen MR) is 79.6 cm³/mol. The SMILES string of the molecule is Cc1ccc(CC(C)C(=O)c2ccc(C)cc2)cc1. The average Bonchev–Trinajstić information content (AvgIpc) is 2.41. The van der Waals surface area contributed by atoms with Crippen molar-refractivity contribution in [3.05, 3.63) is 70.8 Å². The Bertz CT molecular complexity index is 549. The van der Waals surface area contributed by atoms with Crippen molar-refractivity contribution in [2.24, 2.45) is 5.92 Å². The van der Waals surface area contributed by atoms with Gasteiger partial charge in [-0.15, -0.1) is 0 Å². The third kappa shape index (κ3) is 3.54. The smallest absolute Gasteiger partial charge is 0.165 e. The Labute approximate surface area is 115 Å². The fourth-order valence-electron chi connectivity index (χ4n) is 2.17. The van der Waals surface area contributed by atoms with Crippen LogP contribution >= 0.6 is 0 Å². The van der Waals surface area contributed by atoms with Gasteiger partial charge < -0.3 is 0 Å². The molecule has 0 bridgehead atoms. The third-order valence-corrected chi connectivity index (χ3v) is 3.45. The summed E-state index contributed by atoms with van der Waals surface area (Å²) < 4.78 is 0. The second-order valence-corrected chi connectivity index (χ2v) is 5.32. The Morgan fingerprint density at radius 2 is 1.37 bits per heavy atom. The van der Waals surface area contributed by atoms with Gasteiger partial charge in [-0.25, -0.2) is 0 Å². The molecule has 1 atom stereocenters. The fraction of sp³-hybridized carbons (Fsp3) is 0.278. The summed E-state index contributed by atoms with van der Waals surface area (Å²) in [4.78, 5) is 12.3. The standard InChI is InChI=1S/C18H20O/c1-13-4-8-16(9-5-13)12-15(3)18(19)17-10-6-14(2)7-11-17/h4-11,15H,12H2,1-3H3. The summed E-state index contributed by atoms with van der Waals surface area (Å²) in [6.07, 6.45) is 0.799. The number of hydrogen-bond acceptors (Lipinski definition) is 1. The molecule has 0 saturated heterocycles. The van der Waals surface area contributed by atoms with E-state index in [0.717, 1.165) is 12.0 Å². The molecule has 0 aliphatic rings. The van der Waals surface area contributed by atoms with Crippen molar-refractivity contribution in [2.75, 3.05) is 0 Å². The van der Waals surface area contributed by atoms with E-state index < -0.39 is 0 Å². The van der Waals surface area contributed by atoms with Crippen molar-refractivity contribution in [2.45, 2.75) is 27.2 Å². The molecule has 0 saturated carbocycles. The van der Waals surface area contributed by atoms with Crippen LogP contribution in [0.5, 0.6) is 0 Å². The van der Waals surface area contributed by atoms with Gasteiger partial charge in [0.15, 0.2) is 5.78 Å². The zero-order valence-electron chi connectivity index (χ0n) is 11.8. The van der Waals surface area contributed by atoms with Crippen LogP contribution in [-0.2, 0) is 6.42 Å². The van der Waals surface area contributed by atoms with Gasteiger partial charge in [-0.3, -0.25) is 4.79 Å². The Morgan fingerprint density at radius 3 is 1.89 bits per heavy atom. The molecule has 0 aliphatic carbocycles. The van der Waals surface area contributed by atoms with Crippen LogP contribution in [0.1, 0.15) is 34.0 Å². The lowest BCUT2D eigenvalue weighted by Crippen LogP contribution is -2.14. The molecule has 0 fully saturated rings. The third-order valence-electron chi connectivity index (χ3n) is 3.45. The minimum atomic E-state index is 0.0189.